The summed E-state index contributed by atoms with van der Waals surface area (Å²) >= 11 is 0. The van der Waals surface area contributed by atoms with Crippen LogP contribution in [0.3, 0.4) is 0 Å². The minimum absolute atomic E-state index is 0.0750. The van der Waals surface area contributed by atoms with Gasteiger partial charge in [-0.1, -0.05) is 18.2 Å². The molecule has 1 amide bonds. The van der Waals surface area contributed by atoms with Crippen molar-refractivity contribution in [2.45, 2.75) is 24.7 Å². The Labute approximate surface area is 144 Å². The Morgan fingerprint density at radius 2 is 1.88 bits per heavy atom. The molecule has 0 spiro atoms. The summed E-state index contributed by atoms with van der Waals surface area (Å²) < 4.78 is 14.1. The second kappa shape index (κ2) is 7.19. The highest BCUT2D eigenvalue weighted by Gasteiger charge is 2.53. The lowest BCUT2D eigenvalue weighted by Gasteiger charge is -2.33. The minimum Gasteiger partial charge on any atom is -0.345 e. The van der Waals surface area contributed by atoms with Crippen molar-refractivity contribution in [3.05, 3.63) is 35.6 Å². The number of hydrogen-bond donors (Lipinski definition) is 0. The molecule has 2 fully saturated rings. The zero-order valence-electron chi connectivity index (χ0n) is 14.8. The van der Waals surface area contributed by atoms with Gasteiger partial charge in [-0.15, -0.1) is 0 Å². The van der Waals surface area contributed by atoms with Gasteiger partial charge >= 0.3 is 0 Å². The Morgan fingerprint density at radius 3 is 2.50 bits per heavy atom. The summed E-state index contributed by atoms with van der Waals surface area (Å²) in [5.41, 5.74) is -0.0330. The fraction of sp³-hybridized carbons (Fsp3) is 0.632. The van der Waals surface area contributed by atoms with E-state index < -0.39 is 5.41 Å². The van der Waals surface area contributed by atoms with E-state index in [0.29, 0.717) is 5.56 Å². The van der Waals surface area contributed by atoms with Crippen molar-refractivity contribution >= 4 is 5.91 Å². The minimum atomic E-state index is -0.603. The molecule has 4 nitrogen and oxygen atoms in total. The Bertz CT molecular complexity index is 580. The quantitative estimate of drug-likeness (QED) is 0.796. The molecule has 2 aliphatic rings. The van der Waals surface area contributed by atoms with Crippen molar-refractivity contribution in [1.82, 2.24) is 14.7 Å². The van der Waals surface area contributed by atoms with Crippen LogP contribution < -0.4 is 0 Å². The summed E-state index contributed by atoms with van der Waals surface area (Å²) in [6.07, 6.45) is 2.49. The average Bonchev–Trinajstić information content (AvgIpc) is 3.38. The first-order chi connectivity index (χ1) is 11.5. The number of piperazine rings is 1. The molecule has 1 aromatic rings. The molecule has 1 aliphatic carbocycles. The largest absolute Gasteiger partial charge is 0.345 e. The van der Waals surface area contributed by atoms with Gasteiger partial charge in [-0.05, 0) is 38.9 Å². The van der Waals surface area contributed by atoms with Crippen LogP contribution in [0.5, 0.6) is 0 Å². The first-order valence-corrected chi connectivity index (χ1v) is 8.94. The summed E-state index contributed by atoms with van der Waals surface area (Å²) in [7, 11) is 4.01. The molecule has 0 atom stereocenters. The monoisotopic (exact) mass is 333 g/mol. The van der Waals surface area contributed by atoms with E-state index in [0.717, 1.165) is 58.5 Å². The van der Waals surface area contributed by atoms with Crippen molar-refractivity contribution < 1.29 is 9.18 Å². The van der Waals surface area contributed by atoms with Gasteiger partial charge in [-0.25, -0.2) is 4.39 Å². The molecule has 1 heterocycles. The molecule has 132 valence electrons. The van der Waals surface area contributed by atoms with Crippen molar-refractivity contribution in [3.63, 3.8) is 0 Å². The third-order valence-corrected chi connectivity index (χ3v) is 5.46. The Hall–Kier alpha value is -1.46. The molecular weight excluding hydrogens is 305 g/mol. The summed E-state index contributed by atoms with van der Waals surface area (Å²) in [5, 5.41) is 0. The topological polar surface area (TPSA) is 26.8 Å². The average molecular weight is 333 g/mol. The summed E-state index contributed by atoms with van der Waals surface area (Å²) in [4.78, 5) is 19.5. The first kappa shape index (κ1) is 17.4. The Morgan fingerprint density at radius 1 is 1.21 bits per heavy atom. The maximum atomic E-state index is 14.1. The molecule has 1 aliphatic heterocycles. The van der Waals surface area contributed by atoms with E-state index in [9.17, 15) is 9.18 Å². The van der Waals surface area contributed by atoms with Gasteiger partial charge in [0.2, 0.25) is 5.91 Å². The second-order valence-electron chi connectivity index (χ2n) is 7.29. The summed E-state index contributed by atoms with van der Waals surface area (Å²) in [6, 6.07) is 6.71. The van der Waals surface area contributed by atoms with Crippen LogP contribution in [0.15, 0.2) is 24.3 Å². The lowest BCUT2D eigenvalue weighted by atomic mass is 9.94. The van der Waals surface area contributed by atoms with Crippen molar-refractivity contribution in [1.29, 1.82) is 0 Å². The van der Waals surface area contributed by atoms with Gasteiger partial charge in [0, 0.05) is 45.3 Å². The van der Waals surface area contributed by atoms with E-state index in [4.69, 9.17) is 0 Å². The van der Waals surface area contributed by atoms with Crippen molar-refractivity contribution in [2.75, 3.05) is 53.4 Å². The number of benzene rings is 1. The number of carbonyl (C=O) groups is 1. The first-order valence-electron chi connectivity index (χ1n) is 8.94. The van der Waals surface area contributed by atoms with Gasteiger partial charge in [0.15, 0.2) is 0 Å². The fourth-order valence-corrected chi connectivity index (χ4v) is 3.64. The smallest absolute Gasteiger partial charge is 0.233 e. The molecule has 1 aromatic carbocycles. The predicted octanol–water partition coefficient (Wildman–Crippen LogP) is 1.95. The van der Waals surface area contributed by atoms with Crippen LogP contribution in [-0.2, 0) is 10.2 Å². The highest BCUT2D eigenvalue weighted by molar-refractivity contribution is 5.91. The normalized spacial score (nSPS) is 20.8. The third-order valence-electron chi connectivity index (χ3n) is 5.46. The van der Waals surface area contributed by atoms with Gasteiger partial charge in [-0.2, -0.15) is 0 Å². The zero-order valence-corrected chi connectivity index (χ0v) is 14.8. The van der Waals surface area contributed by atoms with Crippen LogP contribution >= 0.6 is 0 Å². The van der Waals surface area contributed by atoms with Crippen LogP contribution in [-0.4, -0.2) is 74.0 Å². The molecular formula is C19H28FN3O. The van der Waals surface area contributed by atoms with Gasteiger partial charge in [0.1, 0.15) is 5.82 Å². The van der Waals surface area contributed by atoms with E-state index in [-0.39, 0.29) is 11.7 Å². The van der Waals surface area contributed by atoms with Crippen LogP contribution in [0.2, 0.25) is 0 Å². The Balaban J connectivity index is 1.51. The lowest BCUT2D eigenvalue weighted by Crippen LogP contribution is -2.45. The van der Waals surface area contributed by atoms with Crippen LogP contribution in [0.1, 0.15) is 24.8 Å². The second-order valence-corrected chi connectivity index (χ2v) is 7.29. The molecule has 1 saturated carbocycles. The SMILES string of the molecule is CN1CCN(CCCN(C)C(=O)C2(c3ccccc3F)CC2)CC1. The van der Waals surface area contributed by atoms with E-state index in [2.05, 4.69) is 16.8 Å². The summed E-state index contributed by atoms with van der Waals surface area (Å²) in [5.74, 6) is -0.180. The van der Waals surface area contributed by atoms with Crippen LogP contribution in [0.25, 0.3) is 0 Å². The van der Waals surface area contributed by atoms with Crippen LogP contribution in [0, 0.1) is 5.82 Å². The van der Waals surface area contributed by atoms with Gasteiger partial charge in [0.05, 0.1) is 5.41 Å². The van der Waals surface area contributed by atoms with Crippen molar-refractivity contribution in [2.24, 2.45) is 0 Å². The number of likely N-dealkylation sites (N-methyl/N-ethyl adjacent to an activating group) is 2. The third kappa shape index (κ3) is 3.62. The van der Waals surface area contributed by atoms with E-state index in [1.807, 2.05) is 13.1 Å². The van der Waals surface area contributed by atoms with Gasteiger partial charge < -0.3 is 14.7 Å². The maximum Gasteiger partial charge on any atom is 0.233 e. The van der Waals surface area contributed by atoms with E-state index >= 15 is 0 Å². The summed E-state index contributed by atoms with van der Waals surface area (Å²) in [6.45, 7) is 6.20. The van der Waals surface area contributed by atoms with Crippen molar-refractivity contribution in [3.8, 4) is 0 Å². The molecule has 3 rings (SSSR count). The molecule has 0 aromatic heterocycles. The fourth-order valence-electron chi connectivity index (χ4n) is 3.64. The number of carbonyl (C=O) groups excluding carboxylic acids is 1. The number of amides is 1. The number of hydrogen-bond acceptors (Lipinski definition) is 3. The predicted molar refractivity (Wildman–Crippen MR) is 93.5 cm³/mol. The Kier molecular flexibility index (Phi) is 5.21. The lowest BCUT2D eigenvalue weighted by molar-refractivity contribution is -0.132. The number of halogens is 1. The molecule has 0 N–H and O–H groups in total. The van der Waals surface area contributed by atoms with E-state index in [1.165, 1.54) is 6.07 Å². The maximum absolute atomic E-state index is 14.1. The van der Waals surface area contributed by atoms with E-state index in [1.54, 1.807) is 17.0 Å². The van der Waals surface area contributed by atoms with Gasteiger partial charge in [0.25, 0.3) is 0 Å². The highest BCUT2D eigenvalue weighted by atomic mass is 19.1. The zero-order chi connectivity index (χ0) is 17.2. The molecule has 1 saturated heterocycles. The molecule has 0 radical (unpaired) electrons. The number of rotatable bonds is 6. The van der Waals surface area contributed by atoms with Gasteiger partial charge in [-0.3, -0.25) is 4.79 Å². The molecule has 24 heavy (non-hydrogen) atoms. The number of nitrogens with zero attached hydrogens (tertiary/aromatic N) is 3. The molecule has 0 bridgehead atoms. The highest BCUT2D eigenvalue weighted by Crippen LogP contribution is 2.50. The standard InChI is InChI=1S/C19H28FN3O/c1-21-12-14-23(15-13-21)11-5-10-22(2)18(24)19(8-9-19)16-6-3-4-7-17(16)20/h3-4,6-7H,5,8-15H2,1-2H3. The van der Waals surface area contributed by atoms with Crippen LogP contribution in [0.4, 0.5) is 4.39 Å². The molecule has 0 unspecified atom stereocenters. The molecule has 5 heteroatoms.